The second-order valence-corrected chi connectivity index (χ2v) is 3.03. The average molecular weight is 206 g/mol. The monoisotopic (exact) mass is 206 g/mol. The summed E-state index contributed by atoms with van der Waals surface area (Å²) in [5, 5.41) is 15.3. The Morgan fingerprint density at radius 1 is 1.47 bits per heavy atom. The molecule has 0 saturated carbocycles. The number of benzene rings is 1. The molecule has 78 valence electrons. The van der Waals surface area contributed by atoms with E-state index < -0.39 is 0 Å². The molecule has 0 radical (unpaired) electrons. The van der Waals surface area contributed by atoms with Gasteiger partial charge in [-0.3, -0.25) is 0 Å². The van der Waals surface area contributed by atoms with Crippen LogP contribution in [0.4, 0.5) is 10.5 Å². The highest BCUT2D eigenvalue weighted by Gasteiger charge is 2.07. The van der Waals surface area contributed by atoms with Gasteiger partial charge in [-0.1, -0.05) is 0 Å². The molecule has 0 aliphatic heterocycles. The molecule has 1 heterocycles. The molecule has 0 saturated heterocycles. The van der Waals surface area contributed by atoms with E-state index in [2.05, 4.69) is 10.6 Å². The van der Waals surface area contributed by atoms with Crippen molar-refractivity contribution in [1.82, 2.24) is 5.32 Å². The van der Waals surface area contributed by atoms with E-state index in [4.69, 9.17) is 4.42 Å². The predicted octanol–water partition coefficient (Wildman–Crippen LogP) is 1.89. The Hall–Kier alpha value is -2.17. The van der Waals surface area contributed by atoms with Crippen LogP contribution in [0.25, 0.3) is 11.0 Å². The fraction of sp³-hybridized carbons (Fsp3) is 0.100. The highest BCUT2D eigenvalue weighted by molar-refractivity contribution is 5.94. The number of anilines is 1. The molecule has 15 heavy (non-hydrogen) atoms. The van der Waals surface area contributed by atoms with Crippen LogP contribution in [0.5, 0.6) is 5.75 Å². The molecule has 2 aromatic rings. The van der Waals surface area contributed by atoms with Gasteiger partial charge in [-0.2, -0.15) is 0 Å². The molecular formula is C10H10N2O3. The van der Waals surface area contributed by atoms with Crippen LogP contribution in [-0.2, 0) is 0 Å². The van der Waals surface area contributed by atoms with Crippen molar-refractivity contribution in [1.29, 1.82) is 0 Å². The van der Waals surface area contributed by atoms with Gasteiger partial charge in [-0.05, 0) is 12.1 Å². The first kappa shape index (κ1) is 9.39. The van der Waals surface area contributed by atoms with Crippen molar-refractivity contribution in [2.24, 2.45) is 0 Å². The van der Waals surface area contributed by atoms with Crippen molar-refractivity contribution in [2.75, 3.05) is 12.4 Å². The number of urea groups is 1. The smallest absolute Gasteiger partial charge is 0.319 e. The summed E-state index contributed by atoms with van der Waals surface area (Å²) in [6.07, 6.45) is 1.52. The second-order valence-electron chi connectivity index (χ2n) is 3.03. The fourth-order valence-electron chi connectivity index (χ4n) is 1.28. The van der Waals surface area contributed by atoms with Gasteiger partial charge in [0, 0.05) is 18.5 Å². The molecule has 0 unspecified atom stereocenters. The Morgan fingerprint density at radius 3 is 3.00 bits per heavy atom. The summed E-state index contributed by atoms with van der Waals surface area (Å²) in [4.78, 5) is 11.1. The first-order valence-electron chi connectivity index (χ1n) is 4.39. The average Bonchev–Trinajstić information content (AvgIpc) is 2.65. The zero-order chi connectivity index (χ0) is 10.8. The van der Waals surface area contributed by atoms with Gasteiger partial charge in [0.15, 0.2) is 0 Å². The third kappa shape index (κ3) is 1.71. The molecule has 5 heteroatoms. The standard InChI is InChI=1S/C10H10N2O3/c1-11-10(14)12-7-4-6-2-3-15-9(6)5-8(7)13/h2-5,13H,1H3,(H2,11,12,14). The Bertz CT molecular complexity index is 504. The van der Waals surface area contributed by atoms with Gasteiger partial charge in [0.2, 0.25) is 0 Å². The van der Waals surface area contributed by atoms with E-state index in [0.717, 1.165) is 5.39 Å². The van der Waals surface area contributed by atoms with Crippen LogP contribution < -0.4 is 10.6 Å². The van der Waals surface area contributed by atoms with Crippen LogP contribution in [0.15, 0.2) is 28.9 Å². The van der Waals surface area contributed by atoms with Crippen molar-refractivity contribution < 1.29 is 14.3 Å². The quantitative estimate of drug-likeness (QED) is 0.624. The molecular weight excluding hydrogens is 196 g/mol. The number of nitrogens with one attached hydrogen (secondary N) is 2. The summed E-state index contributed by atoms with van der Waals surface area (Å²) in [6, 6.07) is 4.47. The number of amides is 2. The van der Waals surface area contributed by atoms with Crippen LogP contribution >= 0.6 is 0 Å². The van der Waals surface area contributed by atoms with E-state index in [9.17, 15) is 9.90 Å². The maximum Gasteiger partial charge on any atom is 0.319 e. The van der Waals surface area contributed by atoms with Crippen LogP contribution in [-0.4, -0.2) is 18.2 Å². The van der Waals surface area contributed by atoms with E-state index in [-0.39, 0.29) is 11.8 Å². The van der Waals surface area contributed by atoms with Crippen molar-refractivity contribution in [3.05, 3.63) is 24.5 Å². The number of furan rings is 1. The first-order valence-corrected chi connectivity index (χ1v) is 4.39. The van der Waals surface area contributed by atoms with Crippen LogP contribution in [0.2, 0.25) is 0 Å². The Kier molecular flexibility index (Phi) is 2.21. The van der Waals surface area contributed by atoms with Crippen LogP contribution in [0.1, 0.15) is 0 Å². The topological polar surface area (TPSA) is 74.5 Å². The number of hydrogen-bond donors (Lipinski definition) is 3. The highest BCUT2D eigenvalue weighted by Crippen LogP contribution is 2.29. The van der Waals surface area contributed by atoms with Crippen molar-refractivity contribution in [2.45, 2.75) is 0 Å². The lowest BCUT2D eigenvalue weighted by Gasteiger charge is -2.06. The van der Waals surface area contributed by atoms with Gasteiger partial charge in [-0.25, -0.2) is 4.79 Å². The van der Waals surface area contributed by atoms with Crippen molar-refractivity contribution >= 4 is 22.7 Å². The van der Waals surface area contributed by atoms with E-state index >= 15 is 0 Å². The van der Waals surface area contributed by atoms with Crippen molar-refractivity contribution in [3.63, 3.8) is 0 Å². The number of carbonyl (C=O) groups is 1. The fourth-order valence-corrected chi connectivity index (χ4v) is 1.28. The minimum absolute atomic E-state index is 0.0268. The maximum atomic E-state index is 11.1. The largest absolute Gasteiger partial charge is 0.506 e. The minimum atomic E-state index is -0.381. The molecule has 0 bridgehead atoms. The summed E-state index contributed by atoms with van der Waals surface area (Å²) in [7, 11) is 1.50. The molecule has 5 nitrogen and oxygen atoms in total. The van der Waals surface area contributed by atoms with Gasteiger partial charge in [0.1, 0.15) is 11.3 Å². The maximum absolute atomic E-state index is 11.1. The third-order valence-electron chi connectivity index (χ3n) is 2.05. The van der Waals surface area contributed by atoms with Gasteiger partial charge in [-0.15, -0.1) is 0 Å². The molecule has 2 amide bonds. The van der Waals surface area contributed by atoms with E-state index in [1.165, 1.54) is 19.4 Å². The summed E-state index contributed by atoms with van der Waals surface area (Å²) < 4.78 is 5.10. The number of phenolic OH excluding ortho intramolecular Hbond substituents is 1. The van der Waals surface area contributed by atoms with Gasteiger partial charge in [0.25, 0.3) is 0 Å². The van der Waals surface area contributed by atoms with Gasteiger partial charge < -0.3 is 20.2 Å². The molecule has 0 aliphatic carbocycles. The Morgan fingerprint density at radius 2 is 2.27 bits per heavy atom. The summed E-state index contributed by atoms with van der Waals surface area (Å²) in [5.41, 5.74) is 0.929. The summed E-state index contributed by atoms with van der Waals surface area (Å²) in [5.74, 6) is -0.0268. The molecule has 0 aliphatic rings. The molecule has 0 spiro atoms. The van der Waals surface area contributed by atoms with Gasteiger partial charge >= 0.3 is 6.03 Å². The third-order valence-corrected chi connectivity index (χ3v) is 2.05. The molecule has 2 rings (SSSR count). The summed E-state index contributed by atoms with van der Waals surface area (Å²) >= 11 is 0. The summed E-state index contributed by atoms with van der Waals surface area (Å²) in [6.45, 7) is 0. The number of phenols is 1. The molecule has 1 aromatic heterocycles. The van der Waals surface area contributed by atoms with E-state index in [1.807, 2.05) is 0 Å². The lowest BCUT2D eigenvalue weighted by Crippen LogP contribution is -2.24. The predicted molar refractivity (Wildman–Crippen MR) is 56.0 cm³/mol. The molecule has 1 aromatic carbocycles. The zero-order valence-electron chi connectivity index (χ0n) is 8.07. The van der Waals surface area contributed by atoms with Crippen molar-refractivity contribution in [3.8, 4) is 5.75 Å². The molecule has 3 N–H and O–H groups in total. The lowest BCUT2D eigenvalue weighted by atomic mass is 10.2. The highest BCUT2D eigenvalue weighted by atomic mass is 16.3. The Balaban J connectivity index is 2.41. The van der Waals surface area contributed by atoms with Crippen LogP contribution in [0.3, 0.4) is 0 Å². The van der Waals surface area contributed by atoms with Crippen LogP contribution in [0, 0.1) is 0 Å². The van der Waals surface area contributed by atoms with E-state index in [1.54, 1.807) is 12.1 Å². The lowest BCUT2D eigenvalue weighted by molar-refractivity contribution is 0.254. The number of carbonyl (C=O) groups excluding carboxylic acids is 1. The van der Waals surface area contributed by atoms with E-state index in [0.29, 0.717) is 11.3 Å². The SMILES string of the molecule is CNC(=O)Nc1cc2ccoc2cc1O. The number of aromatic hydroxyl groups is 1. The number of fused-ring (bicyclic) bond motifs is 1. The number of rotatable bonds is 1. The Labute approximate surface area is 85.7 Å². The zero-order valence-corrected chi connectivity index (χ0v) is 8.07. The first-order chi connectivity index (χ1) is 7.20. The second kappa shape index (κ2) is 3.53. The number of hydrogen-bond acceptors (Lipinski definition) is 3. The van der Waals surface area contributed by atoms with Gasteiger partial charge in [0.05, 0.1) is 12.0 Å². The normalized spacial score (nSPS) is 10.2. The molecule has 0 fully saturated rings. The minimum Gasteiger partial charge on any atom is -0.506 e. The molecule has 0 atom stereocenters.